The monoisotopic (exact) mass is 261 g/mol. The molecular formula is C12H23NO5. The lowest BCUT2D eigenvalue weighted by Gasteiger charge is -2.42. The molecule has 18 heavy (non-hydrogen) atoms. The van der Waals surface area contributed by atoms with Gasteiger partial charge >= 0.3 is 0 Å². The minimum Gasteiger partial charge on any atom is -0.394 e. The van der Waals surface area contributed by atoms with Crippen LogP contribution in [0.25, 0.3) is 0 Å². The van der Waals surface area contributed by atoms with Crippen molar-refractivity contribution in [1.82, 2.24) is 0 Å². The Labute approximate surface area is 107 Å². The third-order valence-electron chi connectivity index (χ3n) is 3.19. The largest absolute Gasteiger partial charge is 0.394 e. The van der Waals surface area contributed by atoms with Gasteiger partial charge in [0.05, 0.1) is 19.3 Å². The topological polar surface area (TPSA) is 83.2 Å². The quantitative estimate of drug-likeness (QED) is 0.727. The number of hydrogen-bond acceptors (Lipinski definition) is 6. The first-order valence-electron chi connectivity index (χ1n) is 6.28. The first kappa shape index (κ1) is 14.2. The molecule has 4 atom stereocenters. The molecule has 2 aliphatic rings. The van der Waals surface area contributed by atoms with Crippen LogP contribution in [-0.4, -0.2) is 54.2 Å². The van der Waals surface area contributed by atoms with Crippen molar-refractivity contribution in [2.24, 2.45) is 5.73 Å². The highest BCUT2D eigenvalue weighted by atomic mass is 16.8. The zero-order valence-electron chi connectivity index (χ0n) is 11.4. The molecule has 0 radical (unpaired) electrons. The summed E-state index contributed by atoms with van der Waals surface area (Å²) in [6.07, 6.45) is -1.17. The molecule has 3 N–H and O–H groups in total. The Hall–Kier alpha value is -0.240. The fourth-order valence-electron chi connectivity index (χ4n) is 2.43. The van der Waals surface area contributed by atoms with Gasteiger partial charge in [0.25, 0.3) is 0 Å². The zero-order chi connectivity index (χ0) is 13.6. The third-order valence-corrected chi connectivity index (χ3v) is 3.19. The van der Waals surface area contributed by atoms with Gasteiger partial charge in [0.2, 0.25) is 0 Å². The van der Waals surface area contributed by atoms with E-state index in [2.05, 4.69) is 0 Å². The molecule has 0 spiro atoms. The van der Waals surface area contributed by atoms with Gasteiger partial charge in [-0.15, -0.1) is 0 Å². The van der Waals surface area contributed by atoms with Crippen molar-refractivity contribution in [3.05, 3.63) is 0 Å². The Kier molecular flexibility index (Phi) is 3.70. The highest BCUT2D eigenvalue weighted by Crippen LogP contribution is 2.34. The van der Waals surface area contributed by atoms with E-state index in [1.165, 1.54) is 0 Å². The second kappa shape index (κ2) is 4.70. The molecule has 2 unspecified atom stereocenters. The van der Waals surface area contributed by atoms with Crippen molar-refractivity contribution in [3.63, 3.8) is 0 Å². The van der Waals surface area contributed by atoms with Crippen LogP contribution in [-0.2, 0) is 18.9 Å². The molecule has 2 rings (SSSR count). The maximum Gasteiger partial charge on any atom is 0.164 e. The number of ether oxygens (including phenoxy) is 4. The Bertz CT molecular complexity index is 305. The summed E-state index contributed by atoms with van der Waals surface area (Å²) in [7, 11) is 0. The van der Waals surface area contributed by atoms with Gasteiger partial charge in [0.15, 0.2) is 11.6 Å². The van der Waals surface area contributed by atoms with Crippen LogP contribution in [0.4, 0.5) is 0 Å². The van der Waals surface area contributed by atoms with Gasteiger partial charge < -0.3 is 29.8 Å². The summed E-state index contributed by atoms with van der Waals surface area (Å²) >= 11 is 0. The molecule has 2 saturated heterocycles. The van der Waals surface area contributed by atoms with Crippen LogP contribution >= 0.6 is 0 Å². The molecule has 2 aliphatic heterocycles. The van der Waals surface area contributed by atoms with Crippen molar-refractivity contribution < 1.29 is 24.1 Å². The van der Waals surface area contributed by atoms with Crippen LogP contribution in [0, 0.1) is 0 Å². The van der Waals surface area contributed by atoms with Gasteiger partial charge in [-0.25, -0.2) is 0 Å². The number of rotatable bonds is 2. The van der Waals surface area contributed by atoms with Crippen LogP contribution in [0.15, 0.2) is 0 Å². The predicted molar refractivity (Wildman–Crippen MR) is 63.8 cm³/mol. The van der Waals surface area contributed by atoms with E-state index in [0.29, 0.717) is 6.61 Å². The van der Waals surface area contributed by atoms with E-state index in [0.717, 1.165) is 0 Å². The average Bonchev–Trinajstić information content (AvgIpc) is 2.57. The van der Waals surface area contributed by atoms with Gasteiger partial charge in [-0.05, 0) is 27.7 Å². The van der Waals surface area contributed by atoms with Crippen LogP contribution in [0.2, 0.25) is 0 Å². The number of aliphatic hydroxyl groups is 1. The highest BCUT2D eigenvalue weighted by molar-refractivity contribution is 4.94. The van der Waals surface area contributed by atoms with E-state index in [1.54, 1.807) is 0 Å². The maximum absolute atomic E-state index is 9.38. The fraction of sp³-hybridized carbons (Fsp3) is 1.00. The maximum atomic E-state index is 9.38. The molecule has 0 aromatic rings. The summed E-state index contributed by atoms with van der Waals surface area (Å²) in [5.41, 5.74) is 6.02. The Balaban J connectivity index is 2.13. The van der Waals surface area contributed by atoms with Crippen molar-refractivity contribution >= 4 is 0 Å². The number of nitrogens with two attached hydrogens (primary N) is 1. The zero-order valence-corrected chi connectivity index (χ0v) is 11.4. The molecule has 0 aromatic heterocycles. The average molecular weight is 261 g/mol. The molecule has 6 heteroatoms. The van der Waals surface area contributed by atoms with Crippen molar-refractivity contribution in [1.29, 1.82) is 0 Å². The van der Waals surface area contributed by atoms with Crippen molar-refractivity contribution in [2.45, 2.75) is 63.6 Å². The smallest absolute Gasteiger partial charge is 0.164 e. The summed E-state index contributed by atoms with van der Waals surface area (Å²) in [5, 5.41) is 9.38. The summed E-state index contributed by atoms with van der Waals surface area (Å²) in [5.74, 6) is -1.43. The van der Waals surface area contributed by atoms with Crippen molar-refractivity contribution in [2.75, 3.05) is 13.2 Å². The van der Waals surface area contributed by atoms with Crippen LogP contribution in [0.3, 0.4) is 0 Å². The summed E-state index contributed by atoms with van der Waals surface area (Å²) < 4.78 is 22.8. The van der Waals surface area contributed by atoms with Gasteiger partial charge in [-0.3, -0.25) is 0 Å². The second-order valence-electron chi connectivity index (χ2n) is 5.78. The van der Waals surface area contributed by atoms with E-state index in [9.17, 15) is 5.11 Å². The van der Waals surface area contributed by atoms with Gasteiger partial charge in [0.1, 0.15) is 18.3 Å². The molecule has 2 fully saturated rings. The van der Waals surface area contributed by atoms with Crippen LogP contribution < -0.4 is 5.73 Å². The third kappa shape index (κ3) is 2.84. The molecule has 0 bridgehead atoms. The van der Waals surface area contributed by atoms with Gasteiger partial charge in [-0.2, -0.15) is 0 Å². The normalized spacial score (nSPS) is 43.0. The minimum atomic E-state index is -0.733. The number of hydrogen-bond donors (Lipinski definition) is 2. The summed E-state index contributed by atoms with van der Waals surface area (Å²) in [6.45, 7) is 7.57. The molecule has 0 aromatic carbocycles. The first-order valence-corrected chi connectivity index (χ1v) is 6.28. The lowest BCUT2D eigenvalue weighted by molar-refractivity contribution is -0.299. The lowest BCUT2D eigenvalue weighted by Crippen LogP contribution is -2.59. The van der Waals surface area contributed by atoms with Crippen LogP contribution in [0.5, 0.6) is 0 Å². The molecule has 0 aliphatic carbocycles. The standard InChI is InChI=1S/C12H23NO5/c1-11(2)15-6-7(13)9(17-11)10-8(5-14)16-12(3,4)18-10/h7-10,14H,5-6,13H2,1-4H3/t7-,8?,9?,10-/m1/s1. The predicted octanol–water partition coefficient (Wildman–Crippen LogP) is -0.0224. The summed E-state index contributed by atoms with van der Waals surface area (Å²) in [4.78, 5) is 0. The molecule has 0 saturated carbocycles. The van der Waals surface area contributed by atoms with E-state index in [4.69, 9.17) is 24.7 Å². The highest BCUT2D eigenvalue weighted by Gasteiger charge is 2.50. The molecular weight excluding hydrogens is 238 g/mol. The molecule has 2 heterocycles. The van der Waals surface area contributed by atoms with E-state index >= 15 is 0 Å². The Morgan fingerprint density at radius 1 is 1.06 bits per heavy atom. The van der Waals surface area contributed by atoms with Gasteiger partial charge in [0, 0.05) is 0 Å². The molecule has 106 valence electrons. The van der Waals surface area contributed by atoms with E-state index in [1.807, 2.05) is 27.7 Å². The lowest BCUT2D eigenvalue weighted by atomic mass is 10.0. The minimum absolute atomic E-state index is 0.123. The SMILES string of the molecule is CC1(C)OC[C@@H](N)C([C@@H]2OC(C)(C)OC2CO)O1. The summed E-state index contributed by atoms with van der Waals surface area (Å²) in [6, 6.07) is -0.297. The van der Waals surface area contributed by atoms with Crippen LogP contribution in [0.1, 0.15) is 27.7 Å². The first-order chi connectivity index (χ1) is 8.24. The second-order valence-corrected chi connectivity index (χ2v) is 5.78. The fourth-order valence-corrected chi connectivity index (χ4v) is 2.43. The molecule has 0 amide bonds. The Morgan fingerprint density at radius 2 is 1.67 bits per heavy atom. The Morgan fingerprint density at radius 3 is 2.28 bits per heavy atom. The number of aliphatic hydroxyl groups excluding tert-OH is 1. The van der Waals surface area contributed by atoms with E-state index in [-0.39, 0.29) is 24.9 Å². The van der Waals surface area contributed by atoms with Crippen molar-refractivity contribution in [3.8, 4) is 0 Å². The van der Waals surface area contributed by atoms with E-state index < -0.39 is 17.7 Å². The van der Waals surface area contributed by atoms with Gasteiger partial charge in [-0.1, -0.05) is 0 Å². The molecule has 6 nitrogen and oxygen atoms in total.